The average molecular weight is 395 g/mol. The molecule has 28 heavy (non-hydrogen) atoms. The molecule has 1 atom stereocenters. The second-order valence-electron chi connectivity index (χ2n) is 6.79. The molecule has 1 amide bonds. The molecule has 0 aliphatic heterocycles. The van der Waals surface area contributed by atoms with Crippen LogP contribution in [0.1, 0.15) is 16.8 Å². The SMILES string of the molecule is Cc1ccc(SCCNC(=O)[C@@H](N)Cc2cn(Cc3ccccc3)cn2)cc1. The number of amides is 1. The number of aryl methyl sites for hydroxylation is 1. The minimum Gasteiger partial charge on any atom is -0.354 e. The molecule has 6 heteroatoms. The molecule has 146 valence electrons. The van der Waals surface area contributed by atoms with Crippen molar-refractivity contribution in [3.8, 4) is 0 Å². The lowest BCUT2D eigenvalue weighted by molar-refractivity contribution is -0.122. The van der Waals surface area contributed by atoms with Crippen LogP contribution in [0.15, 0.2) is 72.0 Å². The van der Waals surface area contributed by atoms with E-state index in [0.29, 0.717) is 13.0 Å². The van der Waals surface area contributed by atoms with Gasteiger partial charge in [0.25, 0.3) is 0 Å². The van der Waals surface area contributed by atoms with Gasteiger partial charge in [-0.2, -0.15) is 0 Å². The Bertz CT molecular complexity index is 877. The number of carbonyl (C=O) groups is 1. The van der Waals surface area contributed by atoms with Crippen LogP contribution in [0.3, 0.4) is 0 Å². The van der Waals surface area contributed by atoms with Gasteiger partial charge in [-0.25, -0.2) is 4.98 Å². The number of imidazole rings is 1. The minimum atomic E-state index is -0.593. The molecule has 0 fully saturated rings. The summed E-state index contributed by atoms with van der Waals surface area (Å²) in [5, 5.41) is 2.91. The lowest BCUT2D eigenvalue weighted by Gasteiger charge is -2.11. The standard InChI is InChI=1S/C22H26N4OS/c1-17-7-9-20(10-8-17)28-12-11-24-22(27)21(23)13-19-15-26(16-25-19)14-18-5-3-2-4-6-18/h2-10,15-16,21H,11-14,23H2,1H3,(H,24,27)/t21-/m0/s1. The van der Waals surface area contributed by atoms with Crippen molar-refractivity contribution >= 4 is 17.7 Å². The molecule has 1 heterocycles. The zero-order valence-electron chi connectivity index (χ0n) is 16.0. The van der Waals surface area contributed by atoms with Crippen molar-refractivity contribution in [1.29, 1.82) is 0 Å². The molecule has 0 spiro atoms. The third-order valence-electron chi connectivity index (χ3n) is 4.35. The van der Waals surface area contributed by atoms with Gasteiger partial charge >= 0.3 is 0 Å². The molecule has 0 bridgehead atoms. The summed E-state index contributed by atoms with van der Waals surface area (Å²) in [5.41, 5.74) is 9.33. The Labute approximate surface area is 170 Å². The highest BCUT2D eigenvalue weighted by Gasteiger charge is 2.15. The van der Waals surface area contributed by atoms with E-state index in [1.807, 2.05) is 29.0 Å². The summed E-state index contributed by atoms with van der Waals surface area (Å²) in [7, 11) is 0. The van der Waals surface area contributed by atoms with Crippen LogP contribution in [0.2, 0.25) is 0 Å². The van der Waals surface area contributed by atoms with Crippen molar-refractivity contribution in [2.45, 2.75) is 30.8 Å². The van der Waals surface area contributed by atoms with Crippen LogP contribution in [-0.2, 0) is 17.8 Å². The number of hydrogen-bond donors (Lipinski definition) is 2. The number of nitrogens with one attached hydrogen (secondary N) is 1. The lowest BCUT2D eigenvalue weighted by Crippen LogP contribution is -2.42. The van der Waals surface area contributed by atoms with Crippen LogP contribution < -0.4 is 11.1 Å². The van der Waals surface area contributed by atoms with Crippen LogP contribution in [-0.4, -0.2) is 33.8 Å². The molecule has 3 rings (SSSR count). The Morgan fingerprint density at radius 1 is 1.18 bits per heavy atom. The molecule has 0 aliphatic rings. The summed E-state index contributed by atoms with van der Waals surface area (Å²) >= 11 is 1.72. The van der Waals surface area contributed by atoms with Crippen LogP contribution >= 0.6 is 11.8 Å². The number of nitrogens with zero attached hydrogens (tertiary/aromatic N) is 2. The van der Waals surface area contributed by atoms with E-state index in [1.54, 1.807) is 18.1 Å². The maximum Gasteiger partial charge on any atom is 0.237 e. The summed E-state index contributed by atoms with van der Waals surface area (Å²) < 4.78 is 2.01. The maximum absolute atomic E-state index is 12.2. The predicted molar refractivity (Wildman–Crippen MR) is 114 cm³/mol. The summed E-state index contributed by atoms with van der Waals surface area (Å²) in [5.74, 6) is 0.676. The molecule has 1 aromatic heterocycles. The van der Waals surface area contributed by atoms with Crippen molar-refractivity contribution in [3.05, 3.63) is 83.9 Å². The zero-order chi connectivity index (χ0) is 19.8. The zero-order valence-corrected chi connectivity index (χ0v) is 16.9. The number of nitrogens with two attached hydrogens (primary N) is 1. The Kier molecular flexibility index (Phi) is 7.28. The number of benzene rings is 2. The number of carbonyl (C=O) groups excluding carboxylic acids is 1. The van der Waals surface area contributed by atoms with E-state index in [2.05, 4.69) is 53.6 Å². The van der Waals surface area contributed by atoms with Crippen LogP contribution in [0, 0.1) is 6.92 Å². The van der Waals surface area contributed by atoms with E-state index < -0.39 is 6.04 Å². The number of thioether (sulfide) groups is 1. The van der Waals surface area contributed by atoms with E-state index in [1.165, 1.54) is 16.0 Å². The quantitative estimate of drug-likeness (QED) is 0.432. The van der Waals surface area contributed by atoms with Crippen molar-refractivity contribution in [3.63, 3.8) is 0 Å². The summed E-state index contributed by atoms with van der Waals surface area (Å²) in [6.07, 6.45) is 4.16. The first-order chi connectivity index (χ1) is 13.6. The molecule has 0 saturated heterocycles. The highest BCUT2D eigenvalue weighted by atomic mass is 32.2. The Hall–Kier alpha value is -2.57. The van der Waals surface area contributed by atoms with Gasteiger partial charge in [0.05, 0.1) is 18.1 Å². The highest BCUT2D eigenvalue weighted by molar-refractivity contribution is 7.99. The average Bonchev–Trinajstić information content (AvgIpc) is 3.14. The minimum absolute atomic E-state index is 0.137. The Morgan fingerprint density at radius 2 is 1.93 bits per heavy atom. The van der Waals surface area contributed by atoms with Crippen LogP contribution in [0.5, 0.6) is 0 Å². The van der Waals surface area contributed by atoms with Gasteiger partial charge in [0.15, 0.2) is 0 Å². The van der Waals surface area contributed by atoms with Gasteiger partial charge in [0.1, 0.15) is 0 Å². The van der Waals surface area contributed by atoms with Gasteiger partial charge in [0.2, 0.25) is 5.91 Å². The molecule has 3 aromatic rings. The predicted octanol–water partition coefficient (Wildman–Crippen LogP) is 3.02. The fourth-order valence-corrected chi connectivity index (χ4v) is 3.59. The van der Waals surface area contributed by atoms with E-state index in [0.717, 1.165) is 18.0 Å². The van der Waals surface area contributed by atoms with Crippen molar-refractivity contribution < 1.29 is 4.79 Å². The molecular formula is C22H26N4OS. The summed E-state index contributed by atoms with van der Waals surface area (Å²) in [6, 6.07) is 18.0. The molecule has 0 radical (unpaired) electrons. The van der Waals surface area contributed by atoms with Crippen molar-refractivity contribution in [2.24, 2.45) is 5.73 Å². The van der Waals surface area contributed by atoms with Gasteiger partial charge in [0, 0.05) is 36.4 Å². The molecule has 0 aliphatic carbocycles. The molecule has 0 unspecified atom stereocenters. The normalized spacial score (nSPS) is 11.9. The van der Waals surface area contributed by atoms with E-state index in [9.17, 15) is 4.79 Å². The topological polar surface area (TPSA) is 72.9 Å². The first kappa shape index (κ1) is 20.2. The van der Waals surface area contributed by atoms with Gasteiger partial charge in [-0.1, -0.05) is 48.0 Å². The van der Waals surface area contributed by atoms with Crippen LogP contribution in [0.25, 0.3) is 0 Å². The van der Waals surface area contributed by atoms with E-state index in [4.69, 9.17) is 5.73 Å². The maximum atomic E-state index is 12.2. The second kappa shape index (κ2) is 10.1. The first-order valence-electron chi connectivity index (χ1n) is 9.37. The van der Waals surface area contributed by atoms with Gasteiger partial charge in [-0.15, -0.1) is 11.8 Å². The fourth-order valence-electron chi connectivity index (χ4n) is 2.82. The highest BCUT2D eigenvalue weighted by Crippen LogP contribution is 2.17. The van der Waals surface area contributed by atoms with Gasteiger partial charge < -0.3 is 15.6 Å². The van der Waals surface area contributed by atoms with Gasteiger partial charge in [-0.05, 0) is 24.6 Å². The monoisotopic (exact) mass is 394 g/mol. The third-order valence-corrected chi connectivity index (χ3v) is 5.37. The van der Waals surface area contributed by atoms with E-state index in [-0.39, 0.29) is 5.91 Å². The van der Waals surface area contributed by atoms with Crippen LogP contribution in [0.4, 0.5) is 0 Å². The number of aromatic nitrogens is 2. The Balaban J connectivity index is 1.39. The number of hydrogen-bond acceptors (Lipinski definition) is 4. The largest absolute Gasteiger partial charge is 0.354 e. The fraction of sp³-hybridized carbons (Fsp3) is 0.273. The summed E-state index contributed by atoms with van der Waals surface area (Å²) in [4.78, 5) is 17.8. The van der Waals surface area contributed by atoms with Crippen molar-refractivity contribution in [2.75, 3.05) is 12.3 Å². The van der Waals surface area contributed by atoms with Gasteiger partial charge in [-0.3, -0.25) is 4.79 Å². The molecule has 5 nitrogen and oxygen atoms in total. The second-order valence-corrected chi connectivity index (χ2v) is 7.95. The molecule has 3 N–H and O–H groups in total. The lowest BCUT2D eigenvalue weighted by atomic mass is 10.1. The smallest absolute Gasteiger partial charge is 0.237 e. The van der Waals surface area contributed by atoms with Crippen molar-refractivity contribution in [1.82, 2.24) is 14.9 Å². The van der Waals surface area contributed by atoms with E-state index >= 15 is 0 Å². The third kappa shape index (κ3) is 6.25. The number of rotatable bonds is 9. The summed E-state index contributed by atoms with van der Waals surface area (Å²) in [6.45, 7) is 3.42. The Morgan fingerprint density at radius 3 is 2.68 bits per heavy atom. The molecule has 2 aromatic carbocycles. The molecule has 0 saturated carbocycles. The molecular weight excluding hydrogens is 368 g/mol. The first-order valence-corrected chi connectivity index (χ1v) is 10.4.